The van der Waals surface area contributed by atoms with Crippen molar-refractivity contribution in [3.63, 3.8) is 0 Å². The molecule has 5 atom stereocenters. The van der Waals surface area contributed by atoms with Crippen LogP contribution in [-0.4, -0.2) is 48.6 Å². The Labute approximate surface area is 242 Å². The average Bonchev–Trinajstić information content (AvgIpc) is 2.90. The molecule has 0 bridgehead atoms. The van der Waals surface area contributed by atoms with Crippen LogP contribution >= 0.6 is 0 Å². The van der Waals surface area contributed by atoms with Gasteiger partial charge in [0.05, 0.1) is 11.7 Å². The molecule has 1 aliphatic heterocycles. The number of hydrogen-bond acceptors (Lipinski definition) is 11. The van der Waals surface area contributed by atoms with Crippen molar-refractivity contribution in [2.45, 2.75) is 71.2 Å². The van der Waals surface area contributed by atoms with Crippen molar-refractivity contribution in [2.75, 3.05) is 0 Å². The Morgan fingerprint density at radius 3 is 2.00 bits per heavy atom. The van der Waals surface area contributed by atoms with Gasteiger partial charge in [-0.15, -0.1) is 0 Å². The van der Waals surface area contributed by atoms with Crippen LogP contribution in [0.5, 0.6) is 11.5 Å². The summed E-state index contributed by atoms with van der Waals surface area (Å²) < 4.78 is 78.2. The van der Waals surface area contributed by atoms with Crippen LogP contribution in [0.2, 0.25) is 0 Å². The maximum atomic E-state index is 13.3. The van der Waals surface area contributed by atoms with Crippen molar-refractivity contribution in [3.8, 4) is 11.5 Å². The largest absolute Gasteiger partial charge is 0.489 e. The monoisotopic (exact) mass is 608 g/mol. The molecule has 0 N–H and O–H groups in total. The molecule has 11 nitrogen and oxygen atoms in total. The molecule has 230 valence electrons. The van der Waals surface area contributed by atoms with Crippen molar-refractivity contribution in [1.29, 1.82) is 0 Å². The Kier molecular flexibility index (Phi) is 9.28. The Bertz CT molecular complexity index is 1550. The summed E-state index contributed by atoms with van der Waals surface area (Å²) in [5.74, 6) is -1.63. The van der Waals surface area contributed by atoms with Gasteiger partial charge in [0.1, 0.15) is 23.7 Å². The molecule has 2 aromatic carbocycles. The fourth-order valence-corrected chi connectivity index (χ4v) is 4.50. The molecule has 0 unspecified atom stereocenters. The Morgan fingerprint density at radius 2 is 1.40 bits per heavy atom. The third kappa shape index (κ3) is 7.83. The molecule has 0 aliphatic carbocycles. The van der Waals surface area contributed by atoms with Crippen LogP contribution in [0.15, 0.2) is 57.7 Å². The molecule has 0 amide bonds. The van der Waals surface area contributed by atoms with E-state index in [0.29, 0.717) is 11.6 Å². The summed E-state index contributed by atoms with van der Waals surface area (Å²) in [6, 6.07) is 10.5. The lowest BCUT2D eigenvalue weighted by atomic mass is 9.99. The fraction of sp³-hybridized carbons (Fsp3) is 0.379. The quantitative estimate of drug-likeness (QED) is 0.206. The maximum absolute atomic E-state index is 13.3. The first-order chi connectivity index (χ1) is 20.2. The summed E-state index contributed by atoms with van der Waals surface area (Å²) in [6.45, 7) is 5.05. The third-order valence-corrected chi connectivity index (χ3v) is 6.24. The number of esters is 3. The molecular weight excluding hydrogens is 581 g/mol. The van der Waals surface area contributed by atoms with Gasteiger partial charge < -0.3 is 32.8 Å². The fourth-order valence-electron chi connectivity index (χ4n) is 4.50. The number of halogens is 3. The lowest BCUT2D eigenvalue weighted by Crippen LogP contribution is -2.62. The second kappa shape index (κ2) is 12.7. The lowest BCUT2D eigenvalue weighted by molar-refractivity contribution is -0.280. The summed E-state index contributed by atoms with van der Waals surface area (Å²) >= 11 is 0. The molecule has 1 aliphatic rings. The molecule has 4 rings (SSSR count). The van der Waals surface area contributed by atoms with Crippen molar-refractivity contribution in [2.24, 2.45) is 0 Å². The molecule has 1 saturated heterocycles. The Hall–Kier alpha value is -4.59. The van der Waals surface area contributed by atoms with Gasteiger partial charge in [0, 0.05) is 38.3 Å². The summed E-state index contributed by atoms with van der Waals surface area (Å²) in [4.78, 5) is 47.0. The van der Waals surface area contributed by atoms with E-state index in [1.807, 2.05) is 0 Å². The number of hydrogen-bond donors (Lipinski definition) is 0. The van der Waals surface area contributed by atoms with Gasteiger partial charge in [-0.2, -0.15) is 13.2 Å². The van der Waals surface area contributed by atoms with Crippen molar-refractivity contribution < 1.29 is 60.4 Å². The number of carbonyl (C=O) groups excluding carboxylic acids is 3. The number of rotatable bonds is 8. The maximum Gasteiger partial charge on any atom is 0.417 e. The third-order valence-electron chi connectivity index (χ3n) is 6.24. The highest BCUT2D eigenvalue weighted by Gasteiger charge is 2.51. The van der Waals surface area contributed by atoms with E-state index in [1.165, 1.54) is 19.1 Å². The van der Waals surface area contributed by atoms with E-state index in [2.05, 4.69) is 0 Å². The molecule has 14 heteroatoms. The molecule has 2 heterocycles. The van der Waals surface area contributed by atoms with Crippen LogP contribution < -0.4 is 15.1 Å². The SMILES string of the molecule is CC(=O)O[C@H]1[C@@H](OC(C)=O)[C@@H](C)O[C@@H](Oc2ccc(COc3ccc4c(C(F)(F)F)cc(=O)oc4c3)cc2)[C@@H]1OC(C)=O. The Morgan fingerprint density at radius 1 is 0.814 bits per heavy atom. The van der Waals surface area contributed by atoms with Crippen LogP contribution in [-0.2, 0) is 46.1 Å². The average molecular weight is 609 g/mol. The minimum atomic E-state index is -4.73. The normalized spacial score (nSPS) is 22.0. The number of carbonyl (C=O) groups is 3. The summed E-state index contributed by atoms with van der Waals surface area (Å²) in [5.41, 5.74) is -1.87. The summed E-state index contributed by atoms with van der Waals surface area (Å²) in [5, 5.41) is -0.276. The summed E-state index contributed by atoms with van der Waals surface area (Å²) in [7, 11) is 0. The number of ether oxygens (including phenoxy) is 6. The van der Waals surface area contributed by atoms with Crippen molar-refractivity contribution in [1.82, 2.24) is 0 Å². The zero-order valence-electron chi connectivity index (χ0n) is 23.3. The smallest absolute Gasteiger partial charge is 0.417 e. The van der Waals surface area contributed by atoms with Crippen LogP contribution in [0.1, 0.15) is 38.8 Å². The molecule has 0 radical (unpaired) electrons. The van der Waals surface area contributed by atoms with Gasteiger partial charge in [0.2, 0.25) is 12.4 Å². The second-order valence-corrected chi connectivity index (χ2v) is 9.62. The molecule has 0 saturated carbocycles. The molecule has 1 fully saturated rings. The molecule has 3 aromatic rings. The summed E-state index contributed by atoms with van der Waals surface area (Å²) in [6.07, 6.45) is -10.4. The minimum Gasteiger partial charge on any atom is -0.489 e. The van der Waals surface area contributed by atoms with E-state index in [0.717, 1.165) is 19.9 Å². The van der Waals surface area contributed by atoms with E-state index in [9.17, 15) is 32.3 Å². The van der Waals surface area contributed by atoms with Crippen LogP contribution in [0.3, 0.4) is 0 Å². The van der Waals surface area contributed by atoms with E-state index >= 15 is 0 Å². The van der Waals surface area contributed by atoms with E-state index in [-0.39, 0.29) is 29.1 Å². The zero-order chi connectivity index (χ0) is 31.5. The number of alkyl halides is 3. The molecular formula is C29H27F3O11. The van der Waals surface area contributed by atoms with Gasteiger partial charge in [-0.3, -0.25) is 14.4 Å². The molecule has 43 heavy (non-hydrogen) atoms. The van der Waals surface area contributed by atoms with E-state index in [1.54, 1.807) is 31.2 Å². The topological polar surface area (TPSA) is 137 Å². The van der Waals surface area contributed by atoms with Gasteiger partial charge >= 0.3 is 29.7 Å². The standard InChI is InChI=1S/C29H27F3O11/c1-14-25(39-15(2)33)26(40-16(3)34)27(41-17(4)35)28(38-14)42-19-7-5-18(6-8-19)13-37-20-9-10-21-22(29(30,31)32)12-24(36)43-23(21)11-20/h5-12,14,25-28H,13H2,1-4H3/t14-,25+,26+,27-,28+/m1/s1. The highest BCUT2D eigenvalue weighted by molar-refractivity contribution is 5.82. The van der Waals surface area contributed by atoms with Crippen LogP contribution in [0.25, 0.3) is 11.0 Å². The van der Waals surface area contributed by atoms with Gasteiger partial charge in [-0.05, 0) is 36.8 Å². The van der Waals surface area contributed by atoms with Gasteiger partial charge in [0.15, 0.2) is 12.2 Å². The first-order valence-electron chi connectivity index (χ1n) is 12.9. The van der Waals surface area contributed by atoms with E-state index < -0.39 is 66.0 Å². The predicted octanol–water partition coefficient (Wildman–Crippen LogP) is 4.31. The van der Waals surface area contributed by atoms with Crippen molar-refractivity contribution >= 4 is 28.9 Å². The lowest BCUT2D eigenvalue weighted by Gasteiger charge is -2.43. The highest BCUT2D eigenvalue weighted by Crippen LogP contribution is 2.35. The van der Waals surface area contributed by atoms with Crippen LogP contribution in [0.4, 0.5) is 13.2 Å². The minimum absolute atomic E-state index is 0.000602. The predicted molar refractivity (Wildman–Crippen MR) is 140 cm³/mol. The van der Waals surface area contributed by atoms with Gasteiger partial charge in [-0.1, -0.05) is 12.1 Å². The first-order valence-corrected chi connectivity index (χ1v) is 12.9. The molecule has 1 aromatic heterocycles. The second-order valence-electron chi connectivity index (χ2n) is 9.62. The van der Waals surface area contributed by atoms with Crippen molar-refractivity contribution in [3.05, 3.63) is 70.1 Å². The van der Waals surface area contributed by atoms with Crippen LogP contribution in [0, 0.1) is 0 Å². The zero-order valence-corrected chi connectivity index (χ0v) is 23.3. The number of fused-ring (bicyclic) bond motifs is 1. The number of benzene rings is 2. The first kappa shape index (κ1) is 31.3. The van der Waals surface area contributed by atoms with Gasteiger partial charge in [0.25, 0.3) is 0 Å². The van der Waals surface area contributed by atoms with Gasteiger partial charge in [-0.25, -0.2) is 4.79 Å². The Balaban J connectivity index is 1.48. The molecule has 0 spiro atoms. The van der Waals surface area contributed by atoms with E-state index in [4.69, 9.17) is 32.8 Å². The highest BCUT2D eigenvalue weighted by atomic mass is 19.4.